The van der Waals surface area contributed by atoms with Gasteiger partial charge in [0.2, 0.25) is 0 Å². The van der Waals surface area contributed by atoms with E-state index in [1.165, 1.54) is 42.7 Å². The molecule has 0 radical (unpaired) electrons. The van der Waals surface area contributed by atoms with Crippen LogP contribution in [0.4, 0.5) is 0 Å². The predicted octanol–water partition coefficient (Wildman–Crippen LogP) is 2.13. The van der Waals surface area contributed by atoms with E-state index >= 15 is 0 Å². The molecule has 0 saturated heterocycles. The van der Waals surface area contributed by atoms with Gasteiger partial charge in [0, 0.05) is 11.6 Å². The lowest BCUT2D eigenvalue weighted by atomic mass is 10.3. The zero-order valence-electron chi connectivity index (χ0n) is 13.3. The van der Waals surface area contributed by atoms with Crippen LogP contribution in [0.1, 0.15) is 17.9 Å². The van der Waals surface area contributed by atoms with Crippen molar-refractivity contribution in [3.63, 3.8) is 0 Å². The van der Waals surface area contributed by atoms with Crippen LogP contribution in [-0.2, 0) is 24.2 Å². The van der Waals surface area contributed by atoms with E-state index < -0.39 is 27.0 Å². The van der Waals surface area contributed by atoms with Crippen molar-refractivity contribution in [2.24, 2.45) is 0 Å². The lowest BCUT2D eigenvalue weighted by Crippen LogP contribution is -2.37. The molecule has 0 bridgehead atoms. The minimum Gasteiger partial charge on any atom is -0.468 e. The topological polar surface area (TPSA) is 103 Å². The highest BCUT2D eigenvalue weighted by molar-refractivity contribution is 7.91. The zero-order chi connectivity index (χ0) is 18.4. The van der Waals surface area contributed by atoms with Crippen molar-refractivity contribution in [3.05, 3.63) is 53.4 Å². The van der Waals surface area contributed by atoms with Crippen LogP contribution >= 0.6 is 11.6 Å². The summed E-state index contributed by atoms with van der Waals surface area (Å²) in [4.78, 5) is 23.1. The van der Waals surface area contributed by atoms with Crippen LogP contribution in [-0.4, -0.2) is 33.4 Å². The number of carbonyl (C=O) groups is 2. The van der Waals surface area contributed by atoms with Crippen LogP contribution in [0, 0.1) is 0 Å². The largest absolute Gasteiger partial charge is 0.468 e. The molecule has 1 amide bonds. The van der Waals surface area contributed by atoms with Gasteiger partial charge in [-0.2, -0.15) is 0 Å². The first kappa shape index (κ1) is 19.0. The first-order valence-electron chi connectivity index (χ1n) is 7.34. The fraction of sp³-hybridized carbons (Fsp3) is 0.250. The van der Waals surface area contributed by atoms with E-state index in [1.54, 1.807) is 6.92 Å². The fourth-order valence-corrected chi connectivity index (χ4v) is 3.79. The second kappa shape index (κ2) is 8.17. The number of ether oxygens (including phenoxy) is 1. The summed E-state index contributed by atoms with van der Waals surface area (Å²) in [7, 11) is -3.89. The van der Waals surface area contributed by atoms with E-state index in [-0.39, 0.29) is 23.8 Å². The number of furan rings is 1. The Morgan fingerprint density at radius 2 is 1.92 bits per heavy atom. The number of hydrogen-bond donors (Lipinski definition) is 1. The molecule has 0 aliphatic carbocycles. The number of amides is 1. The average Bonchev–Trinajstić information content (AvgIpc) is 3.09. The Labute approximate surface area is 149 Å². The number of hydrogen-bond acceptors (Lipinski definition) is 6. The van der Waals surface area contributed by atoms with Crippen LogP contribution in [0.5, 0.6) is 0 Å². The van der Waals surface area contributed by atoms with Gasteiger partial charge in [0.05, 0.1) is 17.8 Å². The maximum atomic E-state index is 12.9. The summed E-state index contributed by atoms with van der Waals surface area (Å²) in [5.74, 6) is -1.96. The molecular weight excluding hydrogens is 370 g/mol. The molecule has 1 heterocycles. The number of carbonyl (C=O) groups excluding carboxylic acids is 2. The Kier molecular flexibility index (Phi) is 6.22. The summed E-state index contributed by atoms with van der Waals surface area (Å²) in [6.45, 7) is 1.24. The molecule has 0 aliphatic heterocycles. The van der Waals surface area contributed by atoms with Crippen molar-refractivity contribution >= 4 is 33.3 Å². The van der Waals surface area contributed by atoms with E-state index in [9.17, 15) is 18.0 Å². The molecule has 1 N–H and O–H groups in total. The van der Waals surface area contributed by atoms with Gasteiger partial charge in [0.25, 0.3) is 0 Å². The van der Waals surface area contributed by atoms with Crippen LogP contribution in [0.3, 0.4) is 0 Å². The SMILES string of the molecule is CCOC(=O)C(=O)NC[C@H](c1ccco1)S(=O)(=O)c1ccc(Cl)cc1. The van der Waals surface area contributed by atoms with Crippen LogP contribution in [0.25, 0.3) is 0 Å². The molecular formula is C16H16ClNO6S. The summed E-state index contributed by atoms with van der Waals surface area (Å²) in [6, 6.07) is 8.64. The minimum atomic E-state index is -3.89. The van der Waals surface area contributed by atoms with Crippen molar-refractivity contribution in [1.82, 2.24) is 5.32 Å². The second-order valence-corrected chi connectivity index (χ2v) is 7.50. The summed E-state index contributed by atoms with van der Waals surface area (Å²) in [5, 5.41) is 1.45. The summed E-state index contributed by atoms with van der Waals surface area (Å²) in [6.07, 6.45) is 1.33. The fourth-order valence-electron chi connectivity index (χ4n) is 2.08. The molecule has 0 saturated carbocycles. The lowest BCUT2D eigenvalue weighted by Gasteiger charge is -2.16. The molecule has 1 aromatic carbocycles. The zero-order valence-corrected chi connectivity index (χ0v) is 14.8. The van der Waals surface area contributed by atoms with Crippen molar-refractivity contribution in [1.29, 1.82) is 0 Å². The molecule has 7 nitrogen and oxygen atoms in total. The van der Waals surface area contributed by atoms with Crippen molar-refractivity contribution < 1.29 is 27.2 Å². The predicted molar refractivity (Wildman–Crippen MR) is 89.7 cm³/mol. The average molecular weight is 386 g/mol. The van der Waals surface area contributed by atoms with Crippen molar-refractivity contribution in [3.8, 4) is 0 Å². The van der Waals surface area contributed by atoms with E-state index in [0.717, 1.165) is 0 Å². The van der Waals surface area contributed by atoms with Crippen molar-refractivity contribution in [2.45, 2.75) is 17.1 Å². The molecule has 2 aromatic rings. The third-order valence-electron chi connectivity index (χ3n) is 3.29. The van der Waals surface area contributed by atoms with E-state index in [1.807, 2.05) is 0 Å². The molecule has 0 spiro atoms. The van der Waals surface area contributed by atoms with Crippen LogP contribution in [0.2, 0.25) is 5.02 Å². The van der Waals surface area contributed by atoms with Gasteiger partial charge in [-0.05, 0) is 43.3 Å². The Morgan fingerprint density at radius 3 is 2.48 bits per heavy atom. The Hall–Kier alpha value is -2.32. The van der Waals surface area contributed by atoms with Gasteiger partial charge in [-0.25, -0.2) is 13.2 Å². The molecule has 134 valence electrons. The molecule has 1 aromatic heterocycles. The maximum absolute atomic E-state index is 12.9. The van der Waals surface area contributed by atoms with Crippen LogP contribution in [0.15, 0.2) is 52.0 Å². The lowest BCUT2D eigenvalue weighted by molar-refractivity contribution is -0.154. The van der Waals surface area contributed by atoms with Crippen LogP contribution < -0.4 is 5.32 Å². The van der Waals surface area contributed by atoms with E-state index in [2.05, 4.69) is 10.1 Å². The molecule has 0 fully saturated rings. The quantitative estimate of drug-likeness (QED) is 0.603. The summed E-state index contributed by atoms with van der Waals surface area (Å²) in [5.41, 5.74) is 0. The highest BCUT2D eigenvalue weighted by atomic mass is 35.5. The summed E-state index contributed by atoms with van der Waals surface area (Å²) >= 11 is 5.79. The number of nitrogens with one attached hydrogen (secondary N) is 1. The number of rotatable bonds is 6. The third-order valence-corrected chi connectivity index (χ3v) is 5.62. The third kappa shape index (κ3) is 4.61. The molecule has 1 atom stereocenters. The Bertz CT molecular complexity index is 830. The number of sulfone groups is 1. The van der Waals surface area contributed by atoms with E-state index in [4.69, 9.17) is 16.0 Å². The monoisotopic (exact) mass is 385 g/mol. The number of esters is 1. The van der Waals surface area contributed by atoms with Crippen molar-refractivity contribution in [2.75, 3.05) is 13.2 Å². The second-order valence-electron chi connectivity index (χ2n) is 4.93. The standard InChI is InChI=1S/C16H16ClNO6S/c1-2-23-16(20)15(19)18-10-14(13-4-3-9-24-13)25(21,22)12-7-5-11(17)6-8-12/h3-9,14H,2,10H2,1H3,(H,18,19)/t14-/m1/s1. The van der Waals surface area contributed by atoms with Gasteiger partial charge in [-0.3, -0.25) is 4.79 Å². The van der Waals surface area contributed by atoms with Gasteiger partial charge in [-0.15, -0.1) is 0 Å². The smallest absolute Gasteiger partial charge is 0.396 e. The number of benzene rings is 1. The van der Waals surface area contributed by atoms with Gasteiger partial charge < -0.3 is 14.5 Å². The Balaban J connectivity index is 2.26. The molecule has 25 heavy (non-hydrogen) atoms. The van der Waals surface area contributed by atoms with Gasteiger partial charge >= 0.3 is 11.9 Å². The van der Waals surface area contributed by atoms with Gasteiger partial charge in [0.15, 0.2) is 9.84 Å². The summed E-state index contributed by atoms with van der Waals surface area (Å²) < 4.78 is 35.5. The minimum absolute atomic E-state index is 0.0173. The first-order valence-corrected chi connectivity index (χ1v) is 9.26. The maximum Gasteiger partial charge on any atom is 0.396 e. The highest BCUT2D eigenvalue weighted by Gasteiger charge is 2.32. The number of halogens is 1. The Morgan fingerprint density at radius 1 is 1.24 bits per heavy atom. The molecule has 0 aliphatic rings. The molecule has 9 heteroatoms. The molecule has 0 unspecified atom stereocenters. The van der Waals surface area contributed by atoms with Gasteiger partial charge in [-0.1, -0.05) is 11.6 Å². The van der Waals surface area contributed by atoms with E-state index in [0.29, 0.717) is 5.02 Å². The highest BCUT2D eigenvalue weighted by Crippen LogP contribution is 2.29. The normalized spacial score (nSPS) is 12.4. The van der Waals surface area contributed by atoms with Gasteiger partial charge in [0.1, 0.15) is 11.0 Å². The first-order chi connectivity index (χ1) is 11.9. The molecule has 2 rings (SSSR count).